The smallest absolute Gasteiger partial charge is 0.0210 e. The fraction of sp³-hybridized carbons (Fsp3) is 0.538. The monoisotopic (exact) mass is 254 g/mol. The quantitative estimate of drug-likeness (QED) is 0.617. The highest BCUT2D eigenvalue weighted by molar-refractivity contribution is 9.10. The molecule has 1 aromatic carbocycles. The van der Waals surface area contributed by atoms with Crippen LogP contribution in [0.1, 0.15) is 50.7 Å². The van der Waals surface area contributed by atoms with E-state index in [4.69, 9.17) is 0 Å². The lowest BCUT2D eigenvalue weighted by molar-refractivity contribution is 0.588. The van der Waals surface area contributed by atoms with Crippen molar-refractivity contribution >= 4 is 15.9 Å². The molecule has 1 heteroatoms. The minimum atomic E-state index is 0.756. The Balaban J connectivity index is 0.000000461. The summed E-state index contributed by atoms with van der Waals surface area (Å²) in [7, 11) is 0. The van der Waals surface area contributed by atoms with E-state index in [9.17, 15) is 0 Å². The first kappa shape index (κ1) is 11.8. The lowest BCUT2D eigenvalue weighted by Crippen LogP contribution is -2.07. The van der Waals surface area contributed by atoms with Crippen LogP contribution in [-0.2, 0) is 6.42 Å². The third kappa shape index (κ3) is 2.38. The van der Waals surface area contributed by atoms with Gasteiger partial charge in [-0.15, -0.1) is 0 Å². The summed E-state index contributed by atoms with van der Waals surface area (Å²) in [6.07, 6.45) is 3.95. The van der Waals surface area contributed by atoms with Crippen LogP contribution in [0, 0.1) is 0 Å². The fourth-order valence-electron chi connectivity index (χ4n) is 2.04. The molecule has 0 saturated carbocycles. The molecule has 0 saturated heterocycles. The molecule has 0 heterocycles. The Labute approximate surface area is 95.9 Å². The first-order chi connectivity index (χ1) is 6.79. The minimum Gasteiger partial charge on any atom is -0.0683 e. The molecule has 0 radical (unpaired) electrons. The van der Waals surface area contributed by atoms with Crippen molar-refractivity contribution in [3.05, 3.63) is 33.8 Å². The van der Waals surface area contributed by atoms with E-state index in [1.54, 1.807) is 5.56 Å². The predicted octanol–water partition coefficient (Wildman–Crippen LogP) is 4.92. The van der Waals surface area contributed by atoms with Gasteiger partial charge >= 0.3 is 0 Å². The van der Waals surface area contributed by atoms with Gasteiger partial charge in [0.25, 0.3) is 0 Å². The number of rotatable bonds is 0. The molecular formula is C13H19Br. The molecule has 0 bridgehead atoms. The molecule has 0 fully saturated rings. The summed E-state index contributed by atoms with van der Waals surface area (Å²) in [4.78, 5) is 0. The van der Waals surface area contributed by atoms with Crippen LogP contribution in [-0.4, -0.2) is 0 Å². The van der Waals surface area contributed by atoms with Crippen molar-refractivity contribution in [2.45, 2.75) is 46.0 Å². The van der Waals surface area contributed by atoms with Crippen LogP contribution in [0.5, 0.6) is 0 Å². The molecule has 2 rings (SSSR count). The van der Waals surface area contributed by atoms with Gasteiger partial charge in [-0.1, -0.05) is 48.8 Å². The average molecular weight is 255 g/mol. The largest absolute Gasteiger partial charge is 0.0683 e. The molecule has 0 aromatic heterocycles. The topological polar surface area (TPSA) is 0 Å². The molecule has 0 amide bonds. The number of halogens is 1. The molecule has 1 aliphatic carbocycles. The molecule has 1 unspecified atom stereocenters. The van der Waals surface area contributed by atoms with Gasteiger partial charge < -0.3 is 0 Å². The zero-order valence-corrected chi connectivity index (χ0v) is 10.9. The van der Waals surface area contributed by atoms with Gasteiger partial charge in [0.15, 0.2) is 0 Å². The summed E-state index contributed by atoms with van der Waals surface area (Å²) >= 11 is 3.61. The zero-order valence-electron chi connectivity index (χ0n) is 9.31. The van der Waals surface area contributed by atoms with Gasteiger partial charge in [-0.25, -0.2) is 0 Å². The second kappa shape index (κ2) is 5.55. The van der Waals surface area contributed by atoms with Gasteiger partial charge in [-0.3, -0.25) is 0 Å². The van der Waals surface area contributed by atoms with Crippen molar-refractivity contribution in [3.8, 4) is 0 Å². The van der Waals surface area contributed by atoms with Gasteiger partial charge in [0, 0.05) is 4.47 Å². The summed E-state index contributed by atoms with van der Waals surface area (Å²) in [5.41, 5.74) is 3.09. The van der Waals surface area contributed by atoms with Crippen LogP contribution in [0.2, 0.25) is 0 Å². The second-order valence-corrected chi connectivity index (χ2v) is 4.46. The van der Waals surface area contributed by atoms with Gasteiger partial charge in [0.1, 0.15) is 0 Å². The molecular weight excluding hydrogens is 236 g/mol. The van der Waals surface area contributed by atoms with E-state index in [1.165, 1.54) is 29.3 Å². The van der Waals surface area contributed by atoms with Crippen molar-refractivity contribution < 1.29 is 0 Å². The molecule has 1 aliphatic rings. The van der Waals surface area contributed by atoms with E-state index in [0.29, 0.717) is 0 Å². The number of hydrogen-bond acceptors (Lipinski definition) is 0. The third-order valence-corrected chi connectivity index (χ3v) is 3.49. The van der Waals surface area contributed by atoms with Crippen LogP contribution in [0.3, 0.4) is 0 Å². The molecule has 78 valence electrons. The van der Waals surface area contributed by atoms with Crippen molar-refractivity contribution in [2.24, 2.45) is 0 Å². The van der Waals surface area contributed by atoms with Gasteiger partial charge in [0.05, 0.1) is 0 Å². The molecule has 0 nitrogen and oxygen atoms in total. The normalized spacial score (nSPS) is 19.3. The third-order valence-electron chi connectivity index (χ3n) is 2.75. The standard InChI is InChI=1S/C11H13Br.C2H6/c1-8-4-2-6-10-9(8)5-3-7-11(10)12;1-2/h3,5,7-8H,2,4,6H2,1H3;1-2H3. The summed E-state index contributed by atoms with van der Waals surface area (Å²) in [5, 5.41) is 0. The first-order valence-corrected chi connectivity index (χ1v) is 6.35. The van der Waals surface area contributed by atoms with E-state index >= 15 is 0 Å². The van der Waals surface area contributed by atoms with E-state index in [0.717, 1.165) is 5.92 Å². The predicted molar refractivity (Wildman–Crippen MR) is 66.8 cm³/mol. The van der Waals surface area contributed by atoms with Crippen LogP contribution in [0.25, 0.3) is 0 Å². The van der Waals surface area contributed by atoms with Gasteiger partial charge in [-0.2, -0.15) is 0 Å². The second-order valence-electron chi connectivity index (χ2n) is 3.60. The van der Waals surface area contributed by atoms with Crippen molar-refractivity contribution in [3.63, 3.8) is 0 Å². The SMILES string of the molecule is CC.CC1CCCc2c(Br)cccc21. The minimum absolute atomic E-state index is 0.756. The number of hydrogen-bond donors (Lipinski definition) is 0. The Kier molecular flexibility index (Phi) is 4.67. The highest BCUT2D eigenvalue weighted by Crippen LogP contribution is 2.34. The number of fused-ring (bicyclic) bond motifs is 1. The van der Waals surface area contributed by atoms with Crippen molar-refractivity contribution in [1.82, 2.24) is 0 Å². The molecule has 0 N–H and O–H groups in total. The number of benzene rings is 1. The van der Waals surface area contributed by atoms with Crippen LogP contribution < -0.4 is 0 Å². The Hall–Kier alpha value is -0.300. The zero-order chi connectivity index (χ0) is 10.6. The Bertz CT molecular complexity index is 291. The summed E-state index contributed by atoms with van der Waals surface area (Å²) in [6.45, 7) is 6.32. The Morgan fingerprint density at radius 2 is 2.00 bits per heavy atom. The van der Waals surface area contributed by atoms with Gasteiger partial charge in [-0.05, 0) is 42.4 Å². The van der Waals surface area contributed by atoms with Gasteiger partial charge in [0.2, 0.25) is 0 Å². The lowest BCUT2D eigenvalue weighted by Gasteiger charge is -2.22. The lowest BCUT2D eigenvalue weighted by atomic mass is 9.84. The molecule has 1 aromatic rings. The van der Waals surface area contributed by atoms with Crippen LogP contribution in [0.4, 0.5) is 0 Å². The maximum atomic E-state index is 3.61. The first-order valence-electron chi connectivity index (χ1n) is 5.56. The summed E-state index contributed by atoms with van der Waals surface area (Å²) in [5.74, 6) is 0.756. The van der Waals surface area contributed by atoms with E-state index in [2.05, 4.69) is 41.1 Å². The van der Waals surface area contributed by atoms with Crippen LogP contribution in [0.15, 0.2) is 22.7 Å². The van der Waals surface area contributed by atoms with Crippen molar-refractivity contribution in [1.29, 1.82) is 0 Å². The highest BCUT2D eigenvalue weighted by Gasteiger charge is 2.17. The van der Waals surface area contributed by atoms with Crippen LogP contribution >= 0.6 is 15.9 Å². The van der Waals surface area contributed by atoms with E-state index in [-0.39, 0.29) is 0 Å². The molecule has 14 heavy (non-hydrogen) atoms. The molecule has 0 aliphatic heterocycles. The maximum Gasteiger partial charge on any atom is 0.0210 e. The summed E-state index contributed by atoms with van der Waals surface area (Å²) in [6, 6.07) is 6.56. The van der Waals surface area contributed by atoms with E-state index in [1.807, 2.05) is 13.8 Å². The fourth-order valence-corrected chi connectivity index (χ4v) is 2.62. The molecule has 1 atom stereocenters. The van der Waals surface area contributed by atoms with E-state index < -0.39 is 0 Å². The summed E-state index contributed by atoms with van der Waals surface area (Å²) < 4.78 is 1.30. The average Bonchev–Trinajstić information content (AvgIpc) is 2.23. The maximum absolute atomic E-state index is 3.61. The Morgan fingerprint density at radius 1 is 1.29 bits per heavy atom. The Morgan fingerprint density at radius 3 is 2.64 bits per heavy atom. The van der Waals surface area contributed by atoms with Crippen molar-refractivity contribution in [2.75, 3.05) is 0 Å². The highest BCUT2D eigenvalue weighted by atomic mass is 79.9. The molecule has 0 spiro atoms.